The Morgan fingerprint density at radius 3 is 2.77 bits per heavy atom. The first-order chi connectivity index (χ1) is 6.35. The van der Waals surface area contributed by atoms with Crippen LogP contribution < -0.4 is 0 Å². The maximum absolute atomic E-state index is 5.25. The summed E-state index contributed by atoms with van der Waals surface area (Å²) in [4.78, 5) is 8.72. The lowest BCUT2D eigenvalue weighted by molar-refractivity contribution is 0.599. The summed E-state index contributed by atoms with van der Waals surface area (Å²) in [5, 5.41) is 1.04. The van der Waals surface area contributed by atoms with E-state index in [9.17, 15) is 0 Å². The average Bonchev–Trinajstić information content (AvgIpc) is 2.63. The third-order valence-corrected chi connectivity index (χ3v) is 2.10. The molecule has 2 rings (SSSR count). The van der Waals surface area contributed by atoms with E-state index in [0.717, 1.165) is 29.7 Å². The van der Waals surface area contributed by atoms with Crippen LogP contribution in [0.4, 0.5) is 0 Å². The van der Waals surface area contributed by atoms with Crippen LogP contribution in [0.1, 0.15) is 25.4 Å². The fraction of sp³-hybridized carbons (Fsp3) is 0.400. The molecule has 2 heterocycles. The SMILES string of the molecule is CCc1nc(CC)c2ccoc2n1. The van der Waals surface area contributed by atoms with Gasteiger partial charge >= 0.3 is 0 Å². The highest BCUT2D eigenvalue weighted by atomic mass is 16.3. The minimum absolute atomic E-state index is 0.712. The summed E-state index contributed by atoms with van der Waals surface area (Å²) < 4.78 is 5.25. The van der Waals surface area contributed by atoms with Crippen LogP contribution in [0.15, 0.2) is 16.7 Å². The van der Waals surface area contributed by atoms with Gasteiger partial charge in [0.25, 0.3) is 0 Å². The highest BCUT2D eigenvalue weighted by molar-refractivity contribution is 5.75. The lowest BCUT2D eigenvalue weighted by atomic mass is 10.2. The second-order valence-electron chi connectivity index (χ2n) is 2.93. The van der Waals surface area contributed by atoms with Crippen LogP contribution >= 0.6 is 0 Å². The monoisotopic (exact) mass is 176 g/mol. The molecule has 0 aliphatic heterocycles. The normalized spacial score (nSPS) is 10.9. The Morgan fingerprint density at radius 1 is 1.23 bits per heavy atom. The van der Waals surface area contributed by atoms with Crippen LogP contribution in [-0.2, 0) is 12.8 Å². The van der Waals surface area contributed by atoms with Crippen molar-refractivity contribution in [1.29, 1.82) is 0 Å². The summed E-state index contributed by atoms with van der Waals surface area (Å²) in [5.41, 5.74) is 1.79. The van der Waals surface area contributed by atoms with Crippen LogP contribution in [0, 0.1) is 0 Å². The predicted octanol–water partition coefficient (Wildman–Crippen LogP) is 2.35. The van der Waals surface area contributed by atoms with Crippen molar-refractivity contribution in [3.63, 3.8) is 0 Å². The van der Waals surface area contributed by atoms with Crippen LogP contribution in [0.2, 0.25) is 0 Å². The molecule has 0 fully saturated rings. The van der Waals surface area contributed by atoms with E-state index in [0.29, 0.717) is 5.71 Å². The Balaban J connectivity index is 2.70. The number of aryl methyl sites for hydroxylation is 2. The minimum atomic E-state index is 0.712. The molecule has 3 heteroatoms. The first kappa shape index (κ1) is 8.23. The molecule has 2 aromatic rings. The Labute approximate surface area is 76.8 Å². The minimum Gasteiger partial charge on any atom is -0.446 e. The van der Waals surface area contributed by atoms with Gasteiger partial charge in [-0.3, -0.25) is 0 Å². The predicted molar refractivity (Wildman–Crippen MR) is 50.6 cm³/mol. The number of fused-ring (bicyclic) bond motifs is 1. The molecule has 0 N–H and O–H groups in total. The average molecular weight is 176 g/mol. The van der Waals surface area contributed by atoms with E-state index < -0.39 is 0 Å². The van der Waals surface area contributed by atoms with Gasteiger partial charge in [0.1, 0.15) is 5.82 Å². The van der Waals surface area contributed by atoms with E-state index in [-0.39, 0.29) is 0 Å². The summed E-state index contributed by atoms with van der Waals surface area (Å²) in [6.07, 6.45) is 3.44. The number of nitrogens with zero attached hydrogens (tertiary/aromatic N) is 2. The van der Waals surface area contributed by atoms with Gasteiger partial charge in [0.15, 0.2) is 0 Å². The van der Waals surface area contributed by atoms with Crippen molar-refractivity contribution in [2.45, 2.75) is 26.7 Å². The molecule has 0 unspecified atom stereocenters. The lowest BCUT2D eigenvalue weighted by Crippen LogP contribution is -1.97. The molecule has 0 amide bonds. The fourth-order valence-corrected chi connectivity index (χ4v) is 1.39. The summed E-state index contributed by atoms with van der Waals surface area (Å²) in [6.45, 7) is 4.14. The van der Waals surface area contributed by atoms with Gasteiger partial charge in [0.05, 0.1) is 17.3 Å². The first-order valence-electron chi connectivity index (χ1n) is 4.58. The maximum Gasteiger partial charge on any atom is 0.229 e. The van der Waals surface area contributed by atoms with Gasteiger partial charge < -0.3 is 4.42 Å². The van der Waals surface area contributed by atoms with Crippen molar-refractivity contribution >= 4 is 11.1 Å². The highest BCUT2D eigenvalue weighted by Crippen LogP contribution is 2.17. The van der Waals surface area contributed by atoms with Gasteiger partial charge in [-0.1, -0.05) is 13.8 Å². The van der Waals surface area contributed by atoms with Gasteiger partial charge in [-0.05, 0) is 12.5 Å². The van der Waals surface area contributed by atoms with E-state index in [1.807, 2.05) is 13.0 Å². The Morgan fingerprint density at radius 2 is 2.08 bits per heavy atom. The van der Waals surface area contributed by atoms with Gasteiger partial charge in [0, 0.05) is 6.42 Å². The molecule has 0 aromatic carbocycles. The summed E-state index contributed by atoms with van der Waals surface area (Å²) in [5.74, 6) is 0.860. The zero-order chi connectivity index (χ0) is 9.26. The second kappa shape index (κ2) is 3.17. The maximum atomic E-state index is 5.25. The molecule has 0 spiro atoms. The van der Waals surface area contributed by atoms with E-state index in [1.54, 1.807) is 6.26 Å². The molecular weight excluding hydrogens is 164 g/mol. The Hall–Kier alpha value is -1.38. The largest absolute Gasteiger partial charge is 0.446 e. The lowest BCUT2D eigenvalue weighted by Gasteiger charge is -2.00. The van der Waals surface area contributed by atoms with E-state index in [4.69, 9.17) is 4.42 Å². The first-order valence-corrected chi connectivity index (χ1v) is 4.58. The molecular formula is C10H12N2O. The van der Waals surface area contributed by atoms with E-state index in [2.05, 4.69) is 16.9 Å². The third-order valence-electron chi connectivity index (χ3n) is 2.10. The number of aromatic nitrogens is 2. The molecule has 2 aromatic heterocycles. The molecule has 0 saturated heterocycles. The molecule has 0 radical (unpaired) electrons. The second-order valence-corrected chi connectivity index (χ2v) is 2.93. The molecule has 0 aliphatic rings. The van der Waals surface area contributed by atoms with Crippen LogP contribution in [-0.4, -0.2) is 9.97 Å². The third kappa shape index (κ3) is 1.30. The van der Waals surface area contributed by atoms with E-state index >= 15 is 0 Å². The van der Waals surface area contributed by atoms with Crippen molar-refractivity contribution in [3.8, 4) is 0 Å². The van der Waals surface area contributed by atoms with Crippen LogP contribution in [0.5, 0.6) is 0 Å². The van der Waals surface area contributed by atoms with Gasteiger partial charge in [-0.25, -0.2) is 4.98 Å². The fourth-order valence-electron chi connectivity index (χ4n) is 1.39. The van der Waals surface area contributed by atoms with E-state index in [1.165, 1.54) is 0 Å². The zero-order valence-corrected chi connectivity index (χ0v) is 7.87. The molecule has 13 heavy (non-hydrogen) atoms. The zero-order valence-electron chi connectivity index (χ0n) is 7.87. The number of rotatable bonds is 2. The number of hydrogen-bond donors (Lipinski definition) is 0. The Bertz CT molecular complexity index is 420. The molecule has 68 valence electrons. The molecule has 0 saturated carbocycles. The smallest absolute Gasteiger partial charge is 0.229 e. The summed E-state index contributed by atoms with van der Waals surface area (Å²) in [7, 11) is 0. The molecule has 3 nitrogen and oxygen atoms in total. The summed E-state index contributed by atoms with van der Waals surface area (Å²) >= 11 is 0. The van der Waals surface area contributed by atoms with Crippen LogP contribution in [0.3, 0.4) is 0 Å². The number of hydrogen-bond acceptors (Lipinski definition) is 3. The molecule has 0 aliphatic carbocycles. The Kier molecular flexibility index (Phi) is 2.00. The topological polar surface area (TPSA) is 38.9 Å². The van der Waals surface area contributed by atoms with Crippen molar-refractivity contribution in [2.24, 2.45) is 0 Å². The highest BCUT2D eigenvalue weighted by Gasteiger charge is 2.06. The van der Waals surface area contributed by atoms with Crippen molar-refractivity contribution in [1.82, 2.24) is 9.97 Å². The quantitative estimate of drug-likeness (QED) is 0.705. The molecule has 0 bridgehead atoms. The van der Waals surface area contributed by atoms with Crippen LogP contribution in [0.25, 0.3) is 11.1 Å². The standard InChI is InChI=1S/C10H12N2O/c1-3-8-7-5-6-13-10(7)12-9(4-2)11-8/h5-6H,3-4H2,1-2H3. The van der Waals surface area contributed by atoms with Gasteiger partial charge in [-0.15, -0.1) is 0 Å². The molecule has 0 atom stereocenters. The number of furan rings is 1. The van der Waals surface area contributed by atoms with Gasteiger partial charge in [0.2, 0.25) is 5.71 Å². The van der Waals surface area contributed by atoms with Gasteiger partial charge in [-0.2, -0.15) is 4.98 Å². The van der Waals surface area contributed by atoms with Crippen molar-refractivity contribution < 1.29 is 4.42 Å². The van der Waals surface area contributed by atoms with Crippen molar-refractivity contribution in [3.05, 3.63) is 23.8 Å². The summed E-state index contributed by atoms with van der Waals surface area (Å²) in [6, 6.07) is 1.92. The van der Waals surface area contributed by atoms with Crippen molar-refractivity contribution in [2.75, 3.05) is 0 Å².